The van der Waals surface area contributed by atoms with Gasteiger partial charge in [-0.25, -0.2) is 0 Å². The molecule has 0 radical (unpaired) electrons. The van der Waals surface area contributed by atoms with Crippen molar-refractivity contribution in [2.75, 3.05) is 24.4 Å². The van der Waals surface area contributed by atoms with Crippen LogP contribution in [-0.4, -0.2) is 20.1 Å². The lowest BCUT2D eigenvalue weighted by atomic mass is 10.1. The van der Waals surface area contributed by atoms with Crippen LogP contribution in [0.15, 0.2) is 109 Å². The fourth-order valence-electron chi connectivity index (χ4n) is 3.75. The Balaban J connectivity index is 1.57. The van der Waals surface area contributed by atoms with Crippen LogP contribution in [0.4, 0.5) is 22.7 Å². The normalized spacial score (nSPS) is 10.8. The van der Waals surface area contributed by atoms with E-state index >= 15 is 0 Å². The van der Waals surface area contributed by atoms with Gasteiger partial charge in [-0.3, -0.25) is 4.79 Å². The predicted molar refractivity (Wildman–Crippen MR) is 143 cm³/mol. The smallest absolute Gasteiger partial charge is 0.266 e. The van der Waals surface area contributed by atoms with Crippen LogP contribution in [0.5, 0.6) is 11.5 Å². The van der Waals surface area contributed by atoms with Gasteiger partial charge in [0.1, 0.15) is 11.6 Å². The van der Waals surface area contributed by atoms with E-state index in [4.69, 9.17) is 9.47 Å². The lowest BCUT2D eigenvalue weighted by Crippen LogP contribution is -2.13. The minimum atomic E-state index is -0.510. The number of carbonyl (C=O) groups excluding carboxylic acids is 1. The summed E-state index contributed by atoms with van der Waals surface area (Å²) in [6, 6.07) is 34.9. The molecule has 0 aromatic heterocycles. The lowest BCUT2D eigenvalue weighted by molar-refractivity contribution is -0.112. The van der Waals surface area contributed by atoms with Gasteiger partial charge < -0.3 is 19.7 Å². The van der Waals surface area contributed by atoms with Crippen LogP contribution < -0.4 is 19.7 Å². The lowest BCUT2D eigenvalue weighted by Gasteiger charge is -2.25. The number of carbonyl (C=O) groups is 1. The summed E-state index contributed by atoms with van der Waals surface area (Å²) in [5.41, 5.74) is 4.23. The highest BCUT2D eigenvalue weighted by Crippen LogP contribution is 2.34. The second kappa shape index (κ2) is 11.4. The molecule has 0 aliphatic heterocycles. The molecule has 4 rings (SSSR count). The molecular formula is C30H25N3O3. The zero-order chi connectivity index (χ0) is 25.3. The molecule has 0 bridgehead atoms. The summed E-state index contributed by atoms with van der Waals surface area (Å²) in [6.07, 6.45) is 1.56. The first-order valence-electron chi connectivity index (χ1n) is 11.3. The molecule has 4 aromatic rings. The number of benzene rings is 4. The van der Waals surface area contributed by atoms with Crippen molar-refractivity contribution >= 4 is 34.7 Å². The maximum Gasteiger partial charge on any atom is 0.266 e. The third kappa shape index (κ3) is 5.54. The number of anilines is 4. The first-order valence-corrected chi connectivity index (χ1v) is 11.3. The van der Waals surface area contributed by atoms with Crippen LogP contribution in [0.3, 0.4) is 0 Å². The minimum absolute atomic E-state index is 0.0134. The Bertz CT molecular complexity index is 1350. The molecule has 0 aliphatic rings. The minimum Gasteiger partial charge on any atom is -0.493 e. The third-order valence-corrected chi connectivity index (χ3v) is 5.50. The maximum absolute atomic E-state index is 12.8. The molecule has 0 heterocycles. The number of nitrogens with one attached hydrogen (secondary N) is 1. The summed E-state index contributed by atoms with van der Waals surface area (Å²) in [4.78, 5) is 14.9. The fraction of sp³-hybridized carbons (Fsp3) is 0.0667. The maximum atomic E-state index is 12.8. The Morgan fingerprint density at radius 2 is 1.33 bits per heavy atom. The van der Waals surface area contributed by atoms with Gasteiger partial charge in [0.25, 0.3) is 5.91 Å². The van der Waals surface area contributed by atoms with Crippen molar-refractivity contribution < 1.29 is 14.3 Å². The van der Waals surface area contributed by atoms with E-state index in [1.165, 1.54) is 14.2 Å². The summed E-state index contributed by atoms with van der Waals surface area (Å²) in [5, 5.41) is 12.4. The quantitative estimate of drug-likeness (QED) is 0.226. The van der Waals surface area contributed by atoms with E-state index in [2.05, 4.69) is 10.2 Å². The van der Waals surface area contributed by atoms with Crippen molar-refractivity contribution in [1.82, 2.24) is 0 Å². The molecule has 1 amide bonds. The standard InChI is InChI=1S/C30H25N3O3/c1-35-28-18-15-24(20-29(28)36-2)32-30(34)23(21-31)19-22-13-16-27(17-14-22)33(25-9-5-3-6-10-25)26-11-7-4-8-12-26/h3-20H,1-2H3,(H,32,34). The average Bonchev–Trinajstić information content (AvgIpc) is 2.93. The van der Waals surface area contributed by atoms with Crippen molar-refractivity contribution in [3.05, 3.63) is 114 Å². The number of para-hydroxylation sites is 2. The molecule has 0 fully saturated rings. The summed E-state index contributed by atoms with van der Waals surface area (Å²) in [5.74, 6) is 0.519. The summed E-state index contributed by atoms with van der Waals surface area (Å²) in [7, 11) is 3.06. The highest BCUT2D eigenvalue weighted by atomic mass is 16.5. The van der Waals surface area contributed by atoms with E-state index in [1.807, 2.05) is 91.0 Å². The third-order valence-electron chi connectivity index (χ3n) is 5.50. The van der Waals surface area contributed by atoms with Gasteiger partial charge in [0.2, 0.25) is 0 Å². The van der Waals surface area contributed by atoms with Crippen LogP contribution in [0.2, 0.25) is 0 Å². The van der Waals surface area contributed by atoms with Gasteiger partial charge in [-0.15, -0.1) is 0 Å². The number of rotatable bonds is 8. The molecule has 178 valence electrons. The molecule has 6 heteroatoms. The Morgan fingerprint density at radius 1 is 0.778 bits per heavy atom. The largest absolute Gasteiger partial charge is 0.493 e. The highest BCUT2D eigenvalue weighted by molar-refractivity contribution is 6.09. The monoisotopic (exact) mass is 475 g/mol. The topological polar surface area (TPSA) is 74.6 Å². The molecule has 0 spiro atoms. The predicted octanol–water partition coefficient (Wildman–Crippen LogP) is 6.72. The van der Waals surface area contributed by atoms with Crippen LogP contribution in [-0.2, 0) is 4.79 Å². The van der Waals surface area contributed by atoms with Crippen LogP contribution >= 0.6 is 0 Å². The molecule has 4 aromatic carbocycles. The number of nitriles is 1. The van der Waals surface area contributed by atoms with Crippen molar-refractivity contribution in [1.29, 1.82) is 5.26 Å². The number of methoxy groups -OCH3 is 2. The van der Waals surface area contributed by atoms with E-state index in [0.717, 1.165) is 22.6 Å². The molecule has 6 nitrogen and oxygen atoms in total. The summed E-state index contributed by atoms with van der Waals surface area (Å²) < 4.78 is 10.5. The van der Waals surface area contributed by atoms with E-state index < -0.39 is 5.91 Å². The van der Waals surface area contributed by atoms with Gasteiger partial charge in [0, 0.05) is 28.8 Å². The van der Waals surface area contributed by atoms with E-state index in [0.29, 0.717) is 17.2 Å². The van der Waals surface area contributed by atoms with Crippen LogP contribution in [0.25, 0.3) is 6.08 Å². The SMILES string of the molecule is COc1ccc(NC(=O)C(C#N)=Cc2ccc(N(c3ccccc3)c3ccccc3)cc2)cc1OC. The van der Waals surface area contributed by atoms with E-state index in [-0.39, 0.29) is 5.57 Å². The molecule has 36 heavy (non-hydrogen) atoms. The van der Waals surface area contributed by atoms with Gasteiger partial charge >= 0.3 is 0 Å². The van der Waals surface area contributed by atoms with Crippen LogP contribution in [0.1, 0.15) is 5.56 Å². The fourth-order valence-corrected chi connectivity index (χ4v) is 3.75. The van der Waals surface area contributed by atoms with Gasteiger partial charge in [0.05, 0.1) is 14.2 Å². The summed E-state index contributed by atoms with van der Waals surface area (Å²) in [6.45, 7) is 0. The number of hydrogen-bond acceptors (Lipinski definition) is 5. The molecule has 0 saturated heterocycles. The Kier molecular flexibility index (Phi) is 7.64. The second-order valence-electron chi connectivity index (χ2n) is 7.79. The Morgan fingerprint density at radius 3 is 1.86 bits per heavy atom. The zero-order valence-electron chi connectivity index (χ0n) is 20.0. The van der Waals surface area contributed by atoms with E-state index in [9.17, 15) is 10.1 Å². The van der Waals surface area contributed by atoms with Gasteiger partial charge in [-0.1, -0.05) is 48.5 Å². The molecule has 0 aliphatic carbocycles. The Labute approximate surface area is 210 Å². The second-order valence-corrected chi connectivity index (χ2v) is 7.79. The zero-order valence-corrected chi connectivity index (χ0v) is 20.0. The van der Waals surface area contributed by atoms with E-state index in [1.54, 1.807) is 24.3 Å². The number of hydrogen-bond donors (Lipinski definition) is 1. The van der Waals surface area contributed by atoms with Gasteiger partial charge in [-0.05, 0) is 60.2 Å². The number of ether oxygens (including phenoxy) is 2. The first kappa shape index (κ1) is 24.1. The molecule has 1 N–H and O–H groups in total. The van der Waals surface area contributed by atoms with Crippen molar-refractivity contribution in [2.45, 2.75) is 0 Å². The Hall–Kier alpha value is -5.02. The van der Waals surface area contributed by atoms with Gasteiger partial charge in [-0.2, -0.15) is 5.26 Å². The molecule has 0 atom stereocenters. The van der Waals surface area contributed by atoms with Crippen molar-refractivity contribution in [2.24, 2.45) is 0 Å². The molecular weight excluding hydrogens is 450 g/mol. The number of nitrogens with zero attached hydrogens (tertiary/aromatic N) is 2. The number of amides is 1. The molecule has 0 unspecified atom stereocenters. The van der Waals surface area contributed by atoms with Gasteiger partial charge in [0.15, 0.2) is 11.5 Å². The molecule has 0 saturated carbocycles. The highest BCUT2D eigenvalue weighted by Gasteiger charge is 2.14. The first-order chi connectivity index (χ1) is 17.6. The summed E-state index contributed by atoms with van der Waals surface area (Å²) >= 11 is 0. The average molecular weight is 476 g/mol. The van der Waals surface area contributed by atoms with Crippen molar-refractivity contribution in [3.8, 4) is 17.6 Å². The van der Waals surface area contributed by atoms with Crippen LogP contribution in [0, 0.1) is 11.3 Å². The van der Waals surface area contributed by atoms with Crippen molar-refractivity contribution in [3.63, 3.8) is 0 Å².